The number of aromatic nitrogens is 1. The lowest BCUT2D eigenvalue weighted by molar-refractivity contribution is 0.415. The van der Waals surface area contributed by atoms with Gasteiger partial charge in [0.05, 0.1) is 7.11 Å². The Labute approximate surface area is 112 Å². The first-order chi connectivity index (χ1) is 8.70. The molecular formula is C14H15ClN2O. The minimum Gasteiger partial charge on any atom is -0.497 e. The lowest BCUT2D eigenvalue weighted by Crippen LogP contribution is -2.16. The van der Waals surface area contributed by atoms with Gasteiger partial charge >= 0.3 is 0 Å². The van der Waals surface area contributed by atoms with Gasteiger partial charge in [0.1, 0.15) is 10.9 Å². The Balaban J connectivity index is 2.11. The Kier molecular flexibility index (Phi) is 4.05. The lowest BCUT2D eigenvalue weighted by atomic mass is 10.2. The summed E-state index contributed by atoms with van der Waals surface area (Å²) in [7, 11) is 3.68. The van der Waals surface area contributed by atoms with Crippen LogP contribution >= 0.6 is 11.6 Å². The van der Waals surface area contributed by atoms with Crippen molar-refractivity contribution in [2.45, 2.75) is 6.54 Å². The summed E-state index contributed by atoms with van der Waals surface area (Å²) in [5.41, 5.74) is 2.12. The SMILES string of the molecule is COc1ccc(N(C)Cc2cccnc2Cl)cc1. The average molecular weight is 263 g/mol. The maximum Gasteiger partial charge on any atom is 0.133 e. The number of rotatable bonds is 4. The molecule has 1 heterocycles. The molecule has 0 atom stereocenters. The predicted octanol–water partition coefficient (Wildman–Crippen LogP) is 3.38. The Morgan fingerprint density at radius 2 is 1.94 bits per heavy atom. The molecule has 1 aromatic heterocycles. The van der Waals surface area contributed by atoms with Crippen molar-refractivity contribution in [1.82, 2.24) is 4.98 Å². The molecule has 0 aliphatic heterocycles. The van der Waals surface area contributed by atoms with E-state index in [0.717, 1.165) is 23.5 Å². The predicted molar refractivity (Wildman–Crippen MR) is 74.3 cm³/mol. The number of anilines is 1. The highest BCUT2D eigenvalue weighted by Gasteiger charge is 2.05. The van der Waals surface area contributed by atoms with Gasteiger partial charge in [0.25, 0.3) is 0 Å². The Hall–Kier alpha value is -1.74. The molecular weight excluding hydrogens is 248 g/mol. The third-order valence-corrected chi connectivity index (χ3v) is 3.10. The van der Waals surface area contributed by atoms with Crippen LogP contribution in [0, 0.1) is 0 Å². The summed E-state index contributed by atoms with van der Waals surface area (Å²) in [5.74, 6) is 0.853. The van der Waals surface area contributed by atoms with Gasteiger partial charge in [-0.3, -0.25) is 0 Å². The van der Waals surface area contributed by atoms with Crippen LogP contribution in [0.2, 0.25) is 5.15 Å². The normalized spacial score (nSPS) is 10.2. The average Bonchev–Trinajstić information content (AvgIpc) is 2.41. The van der Waals surface area contributed by atoms with Crippen LogP contribution in [-0.2, 0) is 6.54 Å². The maximum atomic E-state index is 6.05. The number of benzene rings is 1. The first-order valence-electron chi connectivity index (χ1n) is 5.65. The minimum absolute atomic E-state index is 0.554. The fourth-order valence-corrected chi connectivity index (χ4v) is 1.90. The molecule has 0 unspecified atom stereocenters. The van der Waals surface area contributed by atoms with E-state index in [1.165, 1.54) is 0 Å². The van der Waals surface area contributed by atoms with Crippen LogP contribution in [0.1, 0.15) is 5.56 Å². The van der Waals surface area contributed by atoms with Gasteiger partial charge in [-0.25, -0.2) is 4.98 Å². The number of nitrogens with zero attached hydrogens (tertiary/aromatic N) is 2. The van der Waals surface area contributed by atoms with Crippen molar-refractivity contribution in [3.63, 3.8) is 0 Å². The van der Waals surface area contributed by atoms with Gasteiger partial charge < -0.3 is 9.64 Å². The molecule has 0 saturated heterocycles. The van der Waals surface area contributed by atoms with Crippen LogP contribution in [0.3, 0.4) is 0 Å². The highest BCUT2D eigenvalue weighted by molar-refractivity contribution is 6.30. The van der Waals surface area contributed by atoms with Gasteiger partial charge in [0.15, 0.2) is 0 Å². The summed E-state index contributed by atoms with van der Waals surface area (Å²) in [5, 5.41) is 0.554. The largest absolute Gasteiger partial charge is 0.497 e. The van der Waals surface area contributed by atoms with E-state index < -0.39 is 0 Å². The standard InChI is InChI=1S/C14H15ClN2O/c1-17(10-11-4-3-9-16-14(11)15)12-5-7-13(18-2)8-6-12/h3-9H,10H2,1-2H3. The van der Waals surface area contributed by atoms with Crippen molar-refractivity contribution in [3.05, 3.63) is 53.3 Å². The third kappa shape index (κ3) is 2.93. The fraction of sp³-hybridized carbons (Fsp3) is 0.214. The van der Waals surface area contributed by atoms with Crippen LogP contribution in [0.4, 0.5) is 5.69 Å². The molecule has 0 saturated carbocycles. The van der Waals surface area contributed by atoms with E-state index in [1.54, 1.807) is 13.3 Å². The number of hydrogen-bond donors (Lipinski definition) is 0. The molecule has 2 rings (SSSR count). The first-order valence-corrected chi connectivity index (χ1v) is 6.03. The molecule has 0 radical (unpaired) electrons. The molecule has 0 fully saturated rings. The second-order valence-electron chi connectivity index (χ2n) is 4.01. The van der Waals surface area contributed by atoms with E-state index in [4.69, 9.17) is 16.3 Å². The first kappa shape index (κ1) is 12.7. The molecule has 0 N–H and O–H groups in total. The van der Waals surface area contributed by atoms with Crippen LogP contribution in [0.5, 0.6) is 5.75 Å². The van der Waals surface area contributed by atoms with Crippen molar-refractivity contribution in [2.75, 3.05) is 19.1 Å². The number of pyridine rings is 1. The molecule has 0 bridgehead atoms. The summed E-state index contributed by atoms with van der Waals surface area (Å²) in [6, 6.07) is 11.8. The van der Waals surface area contributed by atoms with E-state index in [9.17, 15) is 0 Å². The van der Waals surface area contributed by atoms with E-state index in [1.807, 2.05) is 43.4 Å². The van der Waals surface area contributed by atoms with E-state index >= 15 is 0 Å². The summed E-state index contributed by atoms with van der Waals surface area (Å²) >= 11 is 6.05. The van der Waals surface area contributed by atoms with Crippen LogP contribution in [0.15, 0.2) is 42.6 Å². The number of hydrogen-bond acceptors (Lipinski definition) is 3. The topological polar surface area (TPSA) is 25.4 Å². The second-order valence-corrected chi connectivity index (χ2v) is 4.37. The van der Waals surface area contributed by atoms with Crippen molar-refractivity contribution in [3.8, 4) is 5.75 Å². The van der Waals surface area contributed by atoms with Crippen molar-refractivity contribution >= 4 is 17.3 Å². The van der Waals surface area contributed by atoms with E-state index in [-0.39, 0.29) is 0 Å². The molecule has 0 aliphatic rings. The molecule has 18 heavy (non-hydrogen) atoms. The highest BCUT2D eigenvalue weighted by Crippen LogP contribution is 2.21. The van der Waals surface area contributed by atoms with Crippen LogP contribution in [-0.4, -0.2) is 19.1 Å². The Morgan fingerprint density at radius 1 is 1.22 bits per heavy atom. The maximum absolute atomic E-state index is 6.05. The zero-order chi connectivity index (χ0) is 13.0. The Bertz CT molecular complexity index is 513. The molecule has 94 valence electrons. The summed E-state index contributed by atoms with van der Waals surface area (Å²) in [4.78, 5) is 6.19. The number of halogens is 1. The smallest absolute Gasteiger partial charge is 0.133 e. The molecule has 1 aromatic carbocycles. The molecule has 4 heteroatoms. The molecule has 0 spiro atoms. The van der Waals surface area contributed by atoms with Crippen LogP contribution in [0.25, 0.3) is 0 Å². The van der Waals surface area contributed by atoms with Crippen LogP contribution < -0.4 is 9.64 Å². The number of methoxy groups -OCH3 is 1. The van der Waals surface area contributed by atoms with Crippen molar-refractivity contribution in [2.24, 2.45) is 0 Å². The summed E-state index contributed by atoms with van der Waals surface area (Å²) in [6.07, 6.45) is 1.69. The van der Waals surface area contributed by atoms with Gasteiger partial charge in [0.2, 0.25) is 0 Å². The summed E-state index contributed by atoms with van der Waals surface area (Å²) in [6.45, 7) is 0.721. The number of ether oxygens (including phenoxy) is 1. The summed E-state index contributed by atoms with van der Waals surface area (Å²) < 4.78 is 5.14. The second kappa shape index (κ2) is 5.74. The molecule has 3 nitrogen and oxygen atoms in total. The minimum atomic E-state index is 0.554. The van der Waals surface area contributed by atoms with Gasteiger partial charge in [-0.2, -0.15) is 0 Å². The van der Waals surface area contributed by atoms with E-state index in [2.05, 4.69) is 9.88 Å². The van der Waals surface area contributed by atoms with Gasteiger partial charge in [0, 0.05) is 31.0 Å². The van der Waals surface area contributed by atoms with Crippen molar-refractivity contribution in [1.29, 1.82) is 0 Å². The van der Waals surface area contributed by atoms with E-state index in [0.29, 0.717) is 5.15 Å². The monoisotopic (exact) mass is 262 g/mol. The Morgan fingerprint density at radius 3 is 2.56 bits per heavy atom. The zero-order valence-corrected chi connectivity index (χ0v) is 11.2. The lowest BCUT2D eigenvalue weighted by Gasteiger charge is -2.20. The third-order valence-electron chi connectivity index (χ3n) is 2.76. The fourth-order valence-electron chi connectivity index (χ4n) is 1.72. The van der Waals surface area contributed by atoms with Gasteiger partial charge in [-0.05, 0) is 30.3 Å². The highest BCUT2D eigenvalue weighted by atomic mass is 35.5. The molecule has 2 aromatic rings. The van der Waals surface area contributed by atoms with Crippen molar-refractivity contribution < 1.29 is 4.74 Å². The van der Waals surface area contributed by atoms with Gasteiger partial charge in [-0.15, -0.1) is 0 Å². The van der Waals surface area contributed by atoms with Gasteiger partial charge in [-0.1, -0.05) is 17.7 Å². The molecule has 0 amide bonds. The quantitative estimate of drug-likeness (QED) is 0.790. The molecule has 0 aliphatic carbocycles. The zero-order valence-electron chi connectivity index (χ0n) is 10.4.